The van der Waals surface area contributed by atoms with Crippen LogP contribution in [0.5, 0.6) is 5.75 Å². The molecule has 2 rings (SSSR count). The van der Waals surface area contributed by atoms with Gasteiger partial charge in [0.25, 0.3) is 0 Å². The monoisotopic (exact) mass is 421 g/mol. The molecule has 1 saturated heterocycles. The van der Waals surface area contributed by atoms with Crippen molar-refractivity contribution in [2.45, 2.75) is 38.0 Å². The molecule has 1 N–H and O–H groups in total. The van der Waals surface area contributed by atoms with Crippen molar-refractivity contribution in [1.82, 2.24) is 0 Å². The number of halogens is 3. The van der Waals surface area contributed by atoms with E-state index in [0.29, 0.717) is 6.61 Å². The second-order valence-corrected chi connectivity index (χ2v) is 7.32. The van der Waals surface area contributed by atoms with Gasteiger partial charge in [-0.1, -0.05) is 11.8 Å². The Balaban J connectivity index is 2.17. The number of carbonyl (C=O) groups excluding carboxylic acids is 1. The fourth-order valence-corrected chi connectivity index (χ4v) is 2.71. The summed E-state index contributed by atoms with van der Waals surface area (Å²) in [4.78, 5) is 11.3. The number of hydrogen-bond donors (Lipinski definition) is 1. The molecule has 0 saturated carbocycles. The molecule has 7 nitrogen and oxygen atoms in total. The Bertz CT molecular complexity index is 867. The van der Waals surface area contributed by atoms with Crippen LogP contribution in [0.15, 0.2) is 18.2 Å². The van der Waals surface area contributed by atoms with Crippen molar-refractivity contribution in [2.75, 3.05) is 18.5 Å². The first-order chi connectivity index (χ1) is 13.1. The minimum Gasteiger partial charge on any atom is -0.376 e. The van der Waals surface area contributed by atoms with E-state index >= 15 is 0 Å². The van der Waals surface area contributed by atoms with Crippen LogP contribution in [-0.2, 0) is 24.4 Å². The highest BCUT2D eigenvalue weighted by Crippen LogP contribution is 2.29. The average molecular weight is 421 g/mol. The number of nitrogens with one attached hydrogen (secondary N) is 1. The average Bonchev–Trinajstić information content (AvgIpc) is 2.60. The fraction of sp³-hybridized carbons (Fsp3) is 0.471. The normalized spacial score (nSPS) is 17.4. The van der Waals surface area contributed by atoms with E-state index in [9.17, 15) is 26.4 Å². The molecule has 1 heterocycles. The van der Waals surface area contributed by atoms with Gasteiger partial charge >= 0.3 is 15.6 Å². The molecule has 1 aromatic carbocycles. The summed E-state index contributed by atoms with van der Waals surface area (Å²) in [6.45, 7) is 1.81. The smallest absolute Gasteiger partial charge is 0.376 e. The Morgan fingerprint density at radius 3 is 2.71 bits per heavy atom. The molecule has 1 aliphatic rings. The van der Waals surface area contributed by atoms with Crippen molar-refractivity contribution in [2.24, 2.45) is 0 Å². The minimum absolute atomic E-state index is 0.0177. The van der Waals surface area contributed by atoms with Crippen LogP contribution in [-0.4, -0.2) is 39.3 Å². The van der Waals surface area contributed by atoms with Gasteiger partial charge in [0, 0.05) is 13.5 Å². The lowest BCUT2D eigenvalue weighted by atomic mass is 10.1. The summed E-state index contributed by atoms with van der Waals surface area (Å²) < 4.78 is 74.6. The molecule has 154 valence electrons. The van der Waals surface area contributed by atoms with E-state index in [1.807, 2.05) is 0 Å². The molecule has 0 spiro atoms. The zero-order valence-corrected chi connectivity index (χ0v) is 15.7. The number of ether oxygens (including phenoxy) is 2. The topological polar surface area (TPSA) is 90.9 Å². The van der Waals surface area contributed by atoms with Gasteiger partial charge in [-0.2, -0.15) is 21.6 Å². The summed E-state index contributed by atoms with van der Waals surface area (Å²) in [5.74, 6) is 4.24. The SMILES string of the molecule is CC(=O)Nc1ccc(OS(=O)(=O)C(F)(F)F)cc1C#CCOC1CCCCO1. The number of anilines is 1. The first-order valence-electron chi connectivity index (χ1n) is 8.23. The van der Waals surface area contributed by atoms with E-state index in [-0.39, 0.29) is 24.1 Å². The first-order valence-corrected chi connectivity index (χ1v) is 9.64. The van der Waals surface area contributed by atoms with Gasteiger partial charge < -0.3 is 19.0 Å². The Hall–Kier alpha value is -2.29. The van der Waals surface area contributed by atoms with E-state index in [1.165, 1.54) is 13.0 Å². The molecule has 0 bridgehead atoms. The van der Waals surface area contributed by atoms with Crippen molar-refractivity contribution < 1.29 is 40.0 Å². The third kappa shape index (κ3) is 6.40. The summed E-state index contributed by atoms with van der Waals surface area (Å²) in [5, 5.41) is 2.45. The summed E-state index contributed by atoms with van der Waals surface area (Å²) in [6.07, 6.45) is 2.29. The largest absolute Gasteiger partial charge is 0.534 e. The molecule has 28 heavy (non-hydrogen) atoms. The van der Waals surface area contributed by atoms with Crippen molar-refractivity contribution in [3.05, 3.63) is 23.8 Å². The van der Waals surface area contributed by atoms with E-state index in [4.69, 9.17) is 9.47 Å². The molecule has 0 aliphatic carbocycles. The predicted octanol–water partition coefficient (Wildman–Crippen LogP) is 2.77. The zero-order chi connectivity index (χ0) is 20.8. The first kappa shape index (κ1) is 22.0. The Labute approximate surface area is 160 Å². The van der Waals surface area contributed by atoms with Crippen molar-refractivity contribution in [3.8, 4) is 17.6 Å². The summed E-state index contributed by atoms with van der Waals surface area (Å²) in [6, 6.07) is 3.16. The second-order valence-electron chi connectivity index (χ2n) is 5.78. The molecule has 0 aromatic heterocycles. The molecule has 1 atom stereocenters. The minimum atomic E-state index is -5.82. The van der Waals surface area contributed by atoms with Gasteiger partial charge in [-0.25, -0.2) is 0 Å². The molecule has 1 aliphatic heterocycles. The maximum atomic E-state index is 12.5. The van der Waals surface area contributed by atoms with E-state index in [2.05, 4.69) is 21.3 Å². The standard InChI is InChI=1S/C17H18F3NO6S/c1-12(22)21-15-8-7-14(27-28(23,24)17(18,19)20)11-13(15)5-4-10-26-16-6-2-3-9-25-16/h7-8,11,16H,2-3,6,9-10H2,1H3,(H,21,22). The lowest BCUT2D eigenvalue weighted by Gasteiger charge is -2.21. The van der Waals surface area contributed by atoms with Gasteiger partial charge in [0.15, 0.2) is 6.29 Å². The molecule has 1 aromatic rings. The number of hydrogen-bond acceptors (Lipinski definition) is 6. The van der Waals surface area contributed by atoms with Gasteiger partial charge in [-0.15, -0.1) is 0 Å². The molecule has 1 fully saturated rings. The van der Waals surface area contributed by atoms with Gasteiger partial charge in [0.1, 0.15) is 12.4 Å². The number of amides is 1. The highest BCUT2D eigenvalue weighted by molar-refractivity contribution is 7.88. The van der Waals surface area contributed by atoms with Crippen molar-refractivity contribution in [1.29, 1.82) is 0 Å². The Morgan fingerprint density at radius 2 is 2.11 bits per heavy atom. The molecule has 11 heteroatoms. The maximum absolute atomic E-state index is 12.5. The molecular weight excluding hydrogens is 403 g/mol. The van der Waals surface area contributed by atoms with Gasteiger partial charge in [0.2, 0.25) is 5.91 Å². The van der Waals surface area contributed by atoms with E-state index in [0.717, 1.165) is 31.4 Å². The molecule has 0 radical (unpaired) electrons. The highest BCUT2D eigenvalue weighted by Gasteiger charge is 2.48. The Morgan fingerprint density at radius 1 is 1.36 bits per heavy atom. The van der Waals surface area contributed by atoms with E-state index in [1.54, 1.807) is 0 Å². The van der Waals surface area contributed by atoms with Crippen LogP contribution < -0.4 is 9.50 Å². The lowest BCUT2D eigenvalue weighted by Crippen LogP contribution is -2.28. The molecule has 1 unspecified atom stereocenters. The quantitative estimate of drug-likeness (QED) is 0.447. The van der Waals surface area contributed by atoms with Crippen LogP contribution in [0.25, 0.3) is 0 Å². The highest BCUT2D eigenvalue weighted by atomic mass is 32.2. The van der Waals surface area contributed by atoms with Crippen LogP contribution in [0, 0.1) is 11.8 Å². The molecule has 1 amide bonds. The van der Waals surface area contributed by atoms with Gasteiger partial charge in [-0.3, -0.25) is 4.79 Å². The second kappa shape index (κ2) is 9.27. The predicted molar refractivity (Wildman–Crippen MR) is 92.8 cm³/mol. The number of carbonyl (C=O) groups is 1. The number of rotatable bonds is 5. The van der Waals surface area contributed by atoms with Gasteiger partial charge in [-0.05, 0) is 37.5 Å². The number of benzene rings is 1. The van der Waals surface area contributed by atoms with Crippen LogP contribution in [0.3, 0.4) is 0 Å². The van der Waals surface area contributed by atoms with Crippen LogP contribution in [0.4, 0.5) is 18.9 Å². The van der Waals surface area contributed by atoms with Crippen molar-refractivity contribution >= 4 is 21.7 Å². The maximum Gasteiger partial charge on any atom is 0.534 e. The molecular formula is C17H18F3NO6S. The third-order valence-electron chi connectivity index (χ3n) is 3.49. The summed E-state index contributed by atoms with van der Waals surface area (Å²) in [5.41, 5.74) is -5.31. The summed E-state index contributed by atoms with van der Waals surface area (Å²) in [7, 11) is -5.82. The van der Waals surface area contributed by atoms with E-state index < -0.39 is 27.3 Å². The Kier molecular flexibility index (Phi) is 7.29. The third-order valence-corrected chi connectivity index (χ3v) is 4.47. The van der Waals surface area contributed by atoms with Crippen molar-refractivity contribution in [3.63, 3.8) is 0 Å². The number of alkyl halides is 3. The summed E-state index contributed by atoms with van der Waals surface area (Å²) >= 11 is 0. The fourth-order valence-electron chi connectivity index (χ4n) is 2.26. The van der Waals surface area contributed by atoms with Crippen LogP contribution in [0.1, 0.15) is 31.7 Å². The van der Waals surface area contributed by atoms with Crippen LogP contribution >= 0.6 is 0 Å². The zero-order valence-electron chi connectivity index (χ0n) is 14.8. The van der Waals surface area contributed by atoms with Gasteiger partial charge in [0.05, 0.1) is 11.3 Å². The van der Waals surface area contributed by atoms with Crippen LogP contribution in [0.2, 0.25) is 0 Å². The lowest BCUT2D eigenvalue weighted by molar-refractivity contribution is -0.154.